The summed E-state index contributed by atoms with van der Waals surface area (Å²) in [5.74, 6) is 0.376. The second-order valence-corrected chi connectivity index (χ2v) is 8.13. The first-order valence-electron chi connectivity index (χ1n) is 8.23. The van der Waals surface area contributed by atoms with Gasteiger partial charge in [-0.05, 0) is 63.2 Å². The van der Waals surface area contributed by atoms with Crippen LogP contribution in [-0.4, -0.2) is 16.6 Å². The van der Waals surface area contributed by atoms with Gasteiger partial charge in [-0.25, -0.2) is 0 Å². The van der Waals surface area contributed by atoms with Gasteiger partial charge >= 0.3 is 4.87 Å². The van der Waals surface area contributed by atoms with Crippen LogP contribution in [-0.2, 0) is 4.79 Å². The molecule has 0 fully saturated rings. The lowest BCUT2D eigenvalue weighted by molar-refractivity contribution is -0.122. The number of nitrogens with one attached hydrogen (secondary N) is 1. The highest BCUT2D eigenvalue weighted by molar-refractivity contribution is 9.10. The van der Waals surface area contributed by atoms with Crippen molar-refractivity contribution in [2.24, 2.45) is 0 Å². The van der Waals surface area contributed by atoms with E-state index in [2.05, 4.69) is 21.2 Å². The Labute approximate surface area is 163 Å². The molecule has 0 unspecified atom stereocenters. The second-order valence-electron chi connectivity index (χ2n) is 6.22. The zero-order chi connectivity index (χ0) is 18.8. The molecule has 1 amide bonds. The minimum absolute atomic E-state index is 0.00502. The molecule has 1 heterocycles. The number of rotatable bonds is 5. The number of nitrogens with zero attached hydrogens (tertiary/aromatic N) is 1. The van der Waals surface area contributed by atoms with Gasteiger partial charge < -0.3 is 10.1 Å². The Balaban J connectivity index is 1.74. The Morgan fingerprint density at radius 1 is 1.15 bits per heavy atom. The third-order valence-electron chi connectivity index (χ3n) is 3.89. The Hall–Kier alpha value is -2.12. The maximum Gasteiger partial charge on any atom is 0.308 e. The molecule has 136 valence electrons. The molecule has 0 saturated carbocycles. The van der Waals surface area contributed by atoms with Crippen LogP contribution in [0.25, 0.3) is 10.2 Å². The molecule has 0 bridgehead atoms. The summed E-state index contributed by atoms with van der Waals surface area (Å²) in [6, 6.07) is 12.9. The molecule has 0 aliphatic rings. The van der Waals surface area contributed by atoms with Crippen LogP contribution in [0.4, 0.5) is 5.69 Å². The fraction of sp³-hybridized carbons (Fsp3) is 0.263. The van der Waals surface area contributed by atoms with Crippen LogP contribution in [0, 0.1) is 0 Å². The molecule has 26 heavy (non-hydrogen) atoms. The number of hydrogen-bond donors (Lipinski definition) is 1. The molecule has 3 aromatic rings. The maximum atomic E-state index is 12.4. The van der Waals surface area contributed by atoms with E-state index in [0.29, 0.717) is 11.4 Å². The van der Waals surface area contributed by atoms with E-state index in [0.717, 1.165) is 14.7 Å². The SMILES string of the molecule is CC(C)n1c(=O)sc2cc(NC(=O)[C@@H](C)Oc3ccc(Br)cc3)ccc21. The highest BCUT2D eigenvalue weighted by Gasteiger charge is 2.16. The number of carbonyl (C=O) groups excluding carboxylic acids is 1. The molecule has 5 nitrogen and oxygen atoms in total. The number of fused-ring (bicyclic) bond motifs is 1. The van der Waals surface area contributed by atoms with Crippen molar-refractivity contribution in [3.63, 3.8) is 0 Å². The van der Waals surface area contributed by atoms with E-state index in [4.69, 9.17) is 4.74 Å². The average Bonchev–Trinajstić information content (AvgIpc) is 2.92. The summed E-state index contributed by atoms with van der Waals surface area (Å²) in [6.07, 6.45) is -0.647. The van der Waals surface area contributed by atoms with Gasteiger partial charge in [-0.1, -0.05) is 27.3 Å². The van der Waals surface area contributed by atoms with Crippen molar-refractivity contribution in [3.05, 3.63) is 56.6 Å². The number of benzene rings is 2. The lowest BCUT2D eigenvalue weighted by Gasteiger charge is -2.15. The molecule has 2 aromatic carbocycles. The molecule has 7 heteroatoms. The molecule has 0 aliphatic heterocycles. The van der Waals surface area contributed by atoms with E-state index in [1.807, 2.05) is 38.1 Å². The predicted octanol–water partition coefficient (Wildman–Crippen LogP) is 4.81. The lowest BCUT2D eigenvalue weighted by atomic mass is 10.2. The molecule has 1 N–H and O–H groups in total. The van der Waals surface area contributed by atoms with Crippen LogP contribution in [0.3, 0.4) is 0 Å². The number of amides is 1. The van der Waals surface area contributed by atoms with Crippen molar-refractivity contribution >= 4 is 49.1 Å². The normalized spacial score (nSPS) is 12.3. The van der Waals surface area contributed by atoms with Crippen molar-refractivity contribution in [1.29, 1.82) is 0 Å². The van der Waals surface area contributed by atoms with E-state index < -0.39 is 6.10 Å². The molecule has 3 rings (SSSR count). The Kier molecular flexibility index (Phi) is 5.48. The molecular weight excluding hydrogens is 416 g/mol. The molecule has 1 aromatic heterocycles. The molecule has 0 radical (unpaired) electrons. The number of carbonyl (C=O) groups is 1. The first kappa shape index (κ1) is 18.7. The van der Waals surface area contributed by atoms with Crippen LogP contribution in [0.2, 0.25) is 0 Å². The van der Waals surface area contributed by atoms with Gasteiger partial charge in [0.2, 0.25) is 0 Å². The quantitative estimate of drug-likeness (QED) is 0.626. The molecule has 1 atom stereocenters. The van der Waals surface area contributed by atoms with Crippen molar-refractivity contribution in [1.82, 2.24) is 4.57 Å². The van der Waals surface area contributed by atoms with Crippen LogP contribution in [0.15, 0.2) is 51.7 Å². The summed E-state index contributed by atoms with van der Waals surface area (Å²) in [4.78, 5) is 24.5. The van der Waals surface area contributed by atoms with Gasteiger partial charge in [0.05, 0.1) is 10.2 Å². The van der Waals surface area contributed by atoms with E-state index >= 15 is 0 Å². The van der Waals surface area contributed by atoms with Crippen molar-refractivity contribution < 1.29 is 9.53 Å². The largest absolute Gasteiger partial charge is 0.481 e. The first-order valence-corrected chi connectivity index (χ1v) is 9.84. The Morgan fingerprint density at radius 2 is 1.85 bits per heavy atom. The summed E-state index contributed by atoms with van der Waals surface area (Å²) in [5, 5.41) is 2.85. The van der Waals surface area contributed by atoms with Crippen LogP contribution in [0.1, 0.15) is 26.8 Å². The molecule has 0 spiro atoms. The third kappa shape index (κ3) is 3.99. The average molecular weight is 435 g/mol. The van der Waals surface area contributed by atoms with Gasteiger partial charge in [0.15, 0.2) is 6.10 Å². The summed E-state index contributed by atoms with van der Waals surface area (Å²) in [7, 11) is 0. The van der Waals surface area contributed by atoms with Crippen LogP contribution < -0.4 is 14.9 Å². The fourth-order valence-corrected chi connectivity index (χ4v) is 3.93. The van der Waals surface area contributed by atoms with Crippen LogP contribution >= 0.6 is 27.3 Å². The van der Waals surface area contributed by atoms with Crippen molar-refractivity contribution in [2.75, 3.05) is 5.32 Å². The molecular formula is C19H19BrN2O3S. The zero-order valence-corrected chi connectivity index (χ0v) is 17.1. The summed E-state index contributed by atoms with van der Waals surface area (Å²) in [6.45, 7) is 5.65. The monoisotopic (exact) mass is 434 g/mol. The van der Waals surface area contributed by atoms with Gasteiger partial charge in [-0.2, -0.15) is 0 Å². The summed E-state index contributed by atoms with van der Waals surface area (Å²) >= 11 is 4.54. The fourth-order valence-electron chi connectivity index (χ4n) is 2.62. The van der Waals surface area contributed by atoms with Gasteiger partial charge in [-0.3, -0.25) is 14.2 Å². The Bertz CT molecular complexity index is 992. The van der Waals surface area contributed by atoms with E-state index in [1.54, 1.807) is 29.7 Å². The number of aromatic nitrogens is 1. The van der Waals surface area contributed by atoms with Gasteiger partial charge in [-0.15, -0.1) is 0 Å². The van der Waals surface area contributed by atoms with Crippen LogP contribution in [0.5, 0.6) is 5.75 Å². The highest BCUT2D eigenvalue weighted by atomic mass is 79.9. The zero-order valence-electron chi connectivity index (χ0n) is 14.7. The first-order chi connectivity index (χ1) is 12.3. The minimum Gasteiger partial charge on any atom is -0.481 e. The summed E-state index contributed by atoms with van der Waals surface area (Å²) < 4.78 is 9.21. The highest BCUT2D eigenvalue weighted by Crippen LogP contribution is 2.24. The van der Waals surface area contributed by atoms with Gasteiger partial charge in [0.25, 0.3) is 5.91 Å². The number of ether oxygens (including phenoxy) is 1. The van der Waals surface area contributed by atoms with Gasteiger partial charge in [0.1, 0.15) is 5.75 Å². The number of hydrogen-bond acceptors (Lipinski definition) is 4. The maximum absolute atomic E-state index is 12.4. The number of thiazole rings is 1. The second kappa shape index (κ2) is 7.63. The lowest BCUT2D eigenvalue weighted by Crippen LogP contribution is -2.30. The topological polar surface area (TPSA) is 60.3 Å². The Morgan fingerprint density at radius 3 is 2.50 bits per heavy atom. The standard InChI is InChI=1S/C19H19BrN2O3S/c1-11(2)22-16-9-6-14(10-17(16)26-19(22)24)21-18(23)12(3)25-15-7-4-13(20)5-8-15/h4-12H,1-3H3,(H,21,23)/t12-/m1/s1. The molecule has 0 aliphatic carbocycles. The van der Waals surface area contributed by atoms with E-state index in [9.17, 15) is 9.59 Å². The van der Waals surface area contributed by atoms with Crippen molar-refractivity contribution in [2.45, 2.75) is 32.9 Å². The smallest absolute Gasteiger partial charge is 0.308 e. The minimum atomic E-state index is -0.647. The van der Waals surface area contributed by atoms with Gasteiger partial charge in [0, 0.05) is 16.2 Å². The van der Waals surface area contributed by atoms with E-state index in [-0.39, 0.29) is 16.8 Å². The van der Waals surface area contributed by atoms with E-state index in [1.165, 1.54) is 11.3 Å². The molecule has 0 saturated heterocycles. The summed E-state index contributed by atoms with van der Waals surface area (Å²) in [5.41, 5.74) is 1.53. The predicted molar refractivity (Wildman–Crippen MR) is 109 cm³/mol. The number of anilines is 1. The van der Waals surface area contributed by atoms with Crippen molar-refractivity contribution in [3.8, 4) is 5.75 Å². The third-order valence-corrected chi connectivity index (χ3v) is 5.34. The number of halogens is 1.